The number of aromatic nitrogens is 3. The molecule has 4 heteroatoms. The van der Waals surface area contributed by atoms with E-state index >= 15 is 0 Å². The molecule has 0 fully saturated rings. The molecule has 0 aliphatic rings. The highest BCUT2D eigenvalue weighted by Gasteiger charge is 2.20. The number of nitrogens with zero attached hydrogens (tertiary/aromatic N) is 3. The first-order valence-corrected chi connectivity index (χ1v) is 15.1. The van der Waals surface area contributed by atoms with Crippen molar-refractivity contribution in [3.05, 3.63) is 138 Å². The molecule has 3 aromatic heterocycles. The molecule has 0 saturated heterocycles. The van der Waals surface area contributed by atoms with Gasteiger partial charge in [-0.15, -0.1) is 0 Å². The summed E-state index contributed by atoms with van der Waals surface area (Å²) in [5, 5.41) is 5.08. The summed E-state index contributed by atoms with van der Waals surface area (Å²) >= 11 is 1.86. The Kier molecular flexibility index (Phi) is 5.73. The van der Waals surface area contributed by atoms with Crippen molar-refractivity contribution >= 4 is 55.4 Å². The molecule has 0 bridgehead atoms. The Morgan fingerprint density at radius 1 is 0.500 bits per heavy atom. The highest BCUT2D eigenvalue weighted by molar-refractivity contribution is 7.99. The lowest BCUT2D eigenvalue weighted by Crippen LogP contribution is -1.99. The largest absolute Gasteiger partial charge is 0.309 e. The first-order chi connectivity index (χ1) is 20.6. The predicted octanol–water partition coefficient (Wildman–Crippen LogP) is 10.4. The summed E-state index contributed by atoms with van der Waals surface area (Å²) in [6.45, 7) is 6.72. The standard InChI is InChI=1S/C38H29N3S/c1-24-12-4-7-15-31(24)40-32-16-8-5-13-27(32)29-19-21-34(25(2)37(29)40)42-35-22-20-30-28-14-6-9-17-33(28)41(38(30)26(35)3)36-18-10-11-23-39-36/h4-23H,1-3H3. The summed E-state index contributed by atoms with van der Waals surface area (Å²) in [4.78, 5) is 7.26. The number of pyridine rings is 1. The second-order valence-corrected chi connectivity index (χ2v) is 12.0. The zero-order valence-corrected chi connectivity index (χ0v) is 24.6. The summed E-state index contributed by atoms with van der Waals surface area (Å²) in [6, 6.07) is 41.4. The number of hydrogen-bond donors (Lipinski definition) is 0. The van der Waals surface area contributed by atoms with Gasteiger partial charge in [0, 0.05) is 43.2 Å². The molecule has 0 N–H and O–H groups in total. The van der Waals surface area contributed by atoms with Crippen LogP contribution in [0.4, 0.5) is 0 Å². The molecule has 202 valence electrons. The maximum atomic E-state index is 4.74. The van der Waals surface area contributed by atoms with Crippen LogP contribution < -0.4 is 0 Å². The van der Waals surface area contributed by atoms with E-state index in [4.69, 9.17) is 4.98 Å². The van der Waals surface area contributed by atoms with Crippen LogP contribution in [0.3, 0.4) is 0 Å². The SMILES string of the molecule is Cc1ccccc1-n1c2ccccc2c2ccc(Sc3ccc4c5ccccc5n(-c5ccccn5)c4c3C)c(C)c21. The van der Waals surface area contributed by atoms with Crippen LogP contribution in [0.15, 0.2) is 131 Å². The van der Waals surface area contributed by atoms with Crippen LogP contribution in [-0.2, 0) is 0 Å². The van der Waals surface area contributed by atoms with E-state index in [1.54, 1.807) is 0 Å². The van der Waals surface area contributed by atoms with E-state index in [0.717, 1.165) is 5.82 Å². The Balaban J connectivity index is 1.35. The lowest BCUT2D eigenvalue weighted by Gasteiger charge is -2.15. The van der Waals surface area contributed by atoms with Crippen LogP contribution in [0.1, 0.15) is 16.7 Å². The first-order valence-electron chi connectivity index (χ1n) is 14.3. The zero-order chi connectivity index (χ0) is 28.4. The maximum Gasteiger partial charge on any atom is 0.137 e. The number of rotatable bonds is 4. The molecule has 0 saturated carbocycles. The molecule has 8 aromatic rings. The van der Waals surface area contributed by atoms with Crippen LogP contribution in [-0.4, -0.2) is 14.1 Å². The second-order valence-electron chi connectivity index (χ2n) is 11.0. The Labute approximate surface area is 249 Å². The van der Waals surface area contributed by atoms with E-state index in [2.05, 4.69) is 139 Å². The molecular weight excluding hydrogens is 531 g/mol. The third kappa shape index (κ3) is 3.65. The van der Waals surface area contributed by atoms with Gasteiger partial charge in [0.05, 0.1) is 22.1 Å². The van der Waals surface area contributed by atoms with Crippen molar-refractivity contribution in [2.75, 3.05) is 0 Å². The van der Waals surface area contributed by atoms with Gasteiger partial charge < -0.3 is 4.57 Å². The van der Waals surface area contributed by atoms with Gasteiger partial charge in [0.2, 0.25) is 0 Å². The molecule has 5 aromatic carbocycles. The Hall–Kier alpha value is -4.80. The number of hydrogen-bond acceptors (Lipinski definition) is 2. The zero-order valence-electron chi connectivity index (χ0n) is 23.8. The highest BCUT2D eigenvalue weighted by Crippen LogP contribution is 2.43. The van der Waals surface area contributed by atoms with Gasteiger partial charge in [0.15, 0.2) is 0 Å². The van der Waals surface area contributed by atoms with Gasteiger partial charge >= 0.3 is 0 Å². The van der Waals surface area contributed by atoms with Crippen molar-refractivity contribution < 1.29 is 0 Å². The predicted molar refractivity (Wildman–Crippen MR) is 178 cm³/mol. The van der Waals surface area contributed by atoms with Crippen molar-refractivity contribution in [1.29, 1.82) is 0 Å². The topological polar surface area (TPSA) is 22.8 Å². The lowest BCUT2D eigenvalue weighted by atomic mass is 10.1. The van der Waals surface area contributed by atoms with E-state index in [9.17, 15) is 0 Å². The van der Waals surface area contributed by atoms with Gasteiger partial charge in [-0.2, -0.15) is 0 Å². The Morgan fingerprint density at radius 2 is 1.05 bits per heavy atom. The summed E-state index contributed by atoms with van der Waals surface area (Å²) in [5.74, 6) is 0.939. The Morgan fingerprint density at radius 3 is 1.67 bits per heavy atom. The van der Waals surface area contributed by atoms with E-state index in [1.165, 1.54) is 75.8 Å². The van der Waals surface area contributed by atoms with E-state index in [0.29, 0.717) is 0 Å². The second kappa shape index (κ2) is 9.64. The molecule has 8 rings (SSSR count). The van der Waals surface area contributed by atoms with Crippen molar-refractivity contribution in [3.8, 4) is 11.5 Å². The molecule has 0 aliphatic heterocycles. The number of para-hydroxylation sites is 3. The van der Waals surface area contributed by atoms with Gasteiger partial charge in [-0.25, -0.2) is 4.98 Å². The molecule has 0 atom stereocenters. The molecule has 0 unspecified atom stereocenters. The van der Waals surface area contributed by atoms with Gasteiger partial charge in [0.25, 0.3) is 0 Å². The average Bonchev–Trinajstić information content (AvgIpc) is 3.54. The molecule has 3 heterocycles. The molecule has 3 nitrogen and oxygen atoms in total. The molecule has 0 spiro atoms. The van der Waals surface area contributed by atoms with Crippen LogP contribution in [0, 0.1) is 20.8 Å². The minimum absolute atomic E-state index is 0.939. The highest BCUT2D eigenvalue weighted by atomic mass is 32.2. The molecule has 0 amide bonds. The lowest BCUT2D eigenvalue weighted by molar-refractivity contribution is 1.07. The number of fused-ring (bicyclic) bond motifs is 6. The van der Waals surface area contributed by atoms with Crippen LogP contribution in [0.25, 0.3) is 55.1 Å². The fourth-order valence-corrected chi connectivity index (χ4v) is 7.54. The molecule has 0 aliphatic carbocycles. The van der Waals surface area contributed by atoms with E-state index < -0.39 is 0 Å². The van der Waals surface area contributed by atoms with Crippen molar-refractivity contribution in [2.24, 2.45) is 0 Å². The van der Waals surface area contributed by atoms with Crippen molar-refractivity contribution in [1.82, 2.24) is 14.1 Å². The van der Waals surface area contributed by atoms with Crippen molar-refractivity contribution in [2.45, 2.75) is 30.6 Å². The number of benzene rings is 5. The molecular formula is C38H29N3S. The van der Waals surface area contributed by atoms with Crippen LogP contribution >= 0.6 is 11.8 Å². The van der Waals surface area contributed by atoms with Gasteiger partial charge in [-0.3, -0.25) is 4.57 Å². The normalized spacial score (nSPS) is 11.8. The monoisotopic (exact) mass is 559 g/mol. The summed E-state index contributed by atoms with van der Waals surface area (Å²) in [5.41, 5.74) is 9.96. The fourth-order valence-electron chi connectivity index (χ4n) is 6.54. The van der Waals surface area contributed by atoms with Crippen LogP contribution in [0.5, 0.6) is 0 Å². The summed E-state index contributed by atoms with van der Waals surface area (Å²) in [6.07, 6.45) is 1.87. The first kappa shape index (κ1) is 25.0. The maximum absolute atomic E-state index is 4.74. The van der Waals surface area contributed by atoms with Crippen LogP contribution in [0.2, 0.25) is 0 Å². The Bertz CT molecular complexity index is 2310. The smallest absolute Gasteiger partial charge is 0.137 e. The molecule has 42 heavy (non-hydrogen) atoms. The van der Waals surface area contributed by atoms with E-state index in [-0.39, 0.29) is 0 Å². The summed E-state index contributed by atoms with van der Waals surface area (Å²) < 4.78 is 4.77. The molecule has 0 radical (unpaired) electrons. The third-order valence-electron chi connectivity index (χ3n) is 8.53. The third-order valence-corrected chi connectivity index (χ3v) is 9.86. The quantitative estimate of drug-likeness (QED) is 0.214. The minimum atomic E-state index is 0.939. The van der Waals surface area contributed by atoms with Gasteiger partial charge in [-0.1, -0.05) is 84.6 Å². The van der Waals surface area contributed by atoms with Crippen molar-refractivity contribution in [3.63, 3.8) is 0 Å². The minimum Gasteiger partial charge on any atom is -0.309 e. The van der Waals surface area contributed by atoms with E-state index in [1.807, 2.05) is 24.0 Å². The van der Waals surface area contributed by atoms with Gasteiger partial charge in [0.1, 0.15) is 5.82 Å². The average molecular weight is 560 g/mol. The fraction of sp³-hybridized carbons (Fsp3) is 0.0789. The van der Waals surface area contributed by atoms with Gasteiger partial charge in [-0.05, 0) is 79.9 Å². The summed E-state index contributed by atoms with van der Waals surface area (Å²) in [7, 11) is 0. The number of aryl methyl sites for hydroxylation is 3.